The van der Waals surface area contributed by atoms with E-state index < -0.39 is 0 Å². The van der Waals surface area contributed by atoms with Crippen LogP contribution in [0, 0.1) is 0 Å². The summed E-state index contributed by atoms with van der Waals surface area (Å²) in [5, 5.41) is 18.0. The van der Waals surface area contributed by atoms with Gasteiger partial charge in [0.25, 0.3) is 6.71 Å². The second kappa shape index (κ2) is 12.5. The summed E-state index contributed by atoms with van der Waals surface area (Å²) in [4.78, 5) is 2.66. The molecule has 0 aliphatic carbocycles. The predicted octanol–water partition coefficient (Wildman–Crippen LogP) is 14.9. The van der Waals surface area contributed by atoms with Crippen LogP contribution in [-0.4, -0.2) is 15.8 Å². The smallest absolute Gasteiger partial charge is 0.252 e. The van der Waals surface area contributed by atoms with E-state index in [1.165, 1.54) is 153 Å². The SMILES string of the molecule is CC1(C)c2ccccc2N(c2c3c4c(c5ccccc25)-n2c5ccc6ccccc6c5c5c6ccccc6cc(c52)B4c2cc4ccccc4c4c5c6ccccc6ccc5n-3c24)c2ccccc21. The lowest BCUT2D eigenvalue weighted by Gasteiger charge is -2.44. The van der Waals surface area contributed by atoms with E-state index in [-0.39, 0.29) is 12.1 Å². The van der Waals surface area contributed by atoms with E-state index in [9.17, 15) is 0 Å². The second-order valence-electron chi connectivity index (χ2n) is 20.3. The van der Waals surface area contributed by atoms with Crippen molar-refractivity contribution in [2.45, 2.75) is 19.3 Å². The summed E-state index contributed by atoms with van der Waals surface area (Å²) in [5.74, 6) is 0. The highest BCUT2D eigenvalue weighted by Crippen LogP contribution is 2.57. The zero-order chi connectivity index (χ0) is 45.0. The molecule has 4 heteroatoms. The fraction of sp³-hybridized carbons (Fsp3) is 0.0462. The summed E-state index contributed by atoms with van der Waals surface area (Å²) in [6.07, 6.45) is 0. The van der Waals surface area contributed by atoms with E-state index in [1.54, 1.807) is 0 Å². The molecule has 3 nitrogen and oxygen atoms in total. The third kappa shape index (κ3) is 4.26. The number of hydrogen-bond acceptors (Lipinski definition) is 1. The maximum Gasteiger partial charge on any atom is 0.252 e. The minimum atomic E-state index is -0.219. The Bertz CT molecular complexity index is 4670. The van der Waals surface area contributed by atoms with Gasteiger partial charge in [-0.15, -0.1) is 0 Å². The molecule has 0 bridgehead atoms. The third-order valence-corrected chi connectivity index (χ3v) is 16.7. The molecule has 14 aromatic rings. The summed E-state index contributed by atoms with van der Waals surface area (Å²) < 4.78 is 5.43. The molecule has 2 aromatic heterocycles. The first-order valence-electron chi connectivity index (χ1n) is 24.4. The van der Waals surface area contributed by atoms with Crippen LogP contribution in [0.4, 0.5) is 17.1 Å². The minimum absolute atomic E-state index is 0.0876. The Morgan fingerprint density at radius 2 is 0.739 bits per heavy atom. The van der Waals surface area contributed by atoms with Crippen molar-refractivity contribution in [1.29, 1.82) is 0 Å². The van der Waals surface area contributed by atoms with Crippen LogP contribution in [-0.2, 0) is 5.41 Å². The van der Waals surface area contributed by atoms with Crippen LogP contribution in [0.5, 0.6) is 0 Å². The molecular weight excluding hydrogens is 834 g/mol. The van der Waals surface area contributed by atoms with Crippen molar-refractivity contribution >= 4 is 138 Å². The maximum absolute atomic E-state index is 2.73. The second-order valence-corrected chi connectivity index (χ2v) is 20.3. The van der Waals surface area contributed by atoms with Gasteiger partial charge in [-0.1, -0.05) is 196 Å². The monoisotopic (exact) mass is 873 g/mol. The van der Waals surface area contributed by atoms with Gasteiger partial charge in [0.15, 0.2) is 0 Å². The number of nitrogens with zero attached hydrogens (tertiary/aromatic N) is 3. The molecule has 3 aliphatic rings. The van der Waals surface area contributed by atoms with E-state index in [0.717, 1.165) is 0 Å². The van der Waals surface area contributed by atoms with E-state index in [0.29, 0.717) is 0 Å². The summed E-state index contributed by atoms with van der Waals surface area (Å²) >= 11 is 0. The van der Waals surface area contributed by atoms with Crippen LogP contribution in [0.2, 0.25) is 0 Å². The molecule has 0 N–H and O–H groups in total. The van der Waals surface area contributed by atoms with Gasteiger partial charge in [0, 0.05) is 37.7 Å². The van der Waals surface area contributed by atoms with Gasteiger partial charge in [-0.25, -0.2) is 0 Å². The fourth-order valence-electron chi connectivity index (χ4n) is 14.0. The molecule has 318 valence electrons. The Morgan fingerprint density at radius 3 is 1.25 bits per heavy atom. The van der Waals surface area contributed by atoms with Gasteiger partial charge < -0.3 is 14.0 Å². The number of anilines is 3. The van der Waals surface area contributed by atoms with Crippen LogP contribution in [0.3, 0.4) is 0 Å². The van der Waals surface area contributed by atoms with Crippen LogP contribution >= 0.6 is 0 Å². The predicted molar refractivity (Wildman–Crippen MR) is 294 cm³/mol. The van der Waals surface area contributed by atoms with E-state index >= 15 is 0 Å². The summed E-state index contributed by atoms with van der Waals surface area (Å²) in [6.45, 7) is 4.71. The molecule has 0 atom stereocenters. The zero-order valence-electron chi connectivity index (χ0n) is 38.0. The quantitative estimate of drug-likeness (QED) is 0.150. The third-order valence-electron chi connectivity index (χ3n) is 16.7. The Hall–Kier alpha value is -8.60. The van der Waals surface area contributed by atoms with Crippen LogP contribution in [0.25, 0.3) is 109 Å². The zero-order valence-corrected chi connectivity index (χ0v) is 38.0. The summed E-state index contributed by atoms with van der Waals surface area (Å²) in [5.41, 5.74) is 17.8. The van der Waals surface area contributed by atoms with Gasteiger partial charge in [-0.2, -0.15) is 0 Å². The molecular formula is C65H40BN3. The number of para-hydroxylation sites is 2. The molecule has 0 spiro atoms. The van der Waals surface area contributed by atoms with Crippen molar-refractivity contribution in [1.82, 2.24) is 9.13 Å². The number of aromatic nitrogens is 2. The highest BCUT2D eigenvalue weighted by Gasteiger charge is 2.46. The van der Waals surface area contributed by atoms with E-state index in [1.807, 2.05) is 0 Å². The Morgan fingerprint density at radius 1 is 0.348 bits per heavy atom. The first kappa shape index (κ1) is 36.5. The Balaban J connectivity index is 1.19. The molecule has 0 amide bonds. The van der Waals surface area contributed by atoms with Gasteiger partial charge in [0.05, 0.1) is 50.5 Å². The van der Waals surface area contributed by atoms with Gasteiger partial charge in [0.2, 0.25) is 0 Å². The van der Waals surface area contributed by atoms with Gasteiger partial charge in [0.1, 0.15) is 0 Å². The Kier molecular flexibility index (Phi) is 6.61. The largest absolute Gasteiger partial charge is 0.310 e. The number of hydrogen-bond donors (Lipinski definition) is 0. The van der Waals surface area contributed by atoms with E-state index in [2.05, 4.69) is 234 Å². The van der Waals surface area contributed by atoms with Crippen molar-refractivity contribution in [2.24, 2.45) is 0 Å². The fourth-order valence-corrected chi connectivity index (χ4v) is 14.0. The average Bonchev–Trinajstić information content (AvgIpc) is 3.95. The average molecular weight is 874 g/mol. The standard InChI is InChI=1S/C65H40BN3/c1-65(2)47-27-13-15-29-51(47)67(52-30-16-14-28-48(52)65)61-46-26-12-11-25-45(46)60-59-64(61)69-54-34-32-38-18-4-8-22-42(38)56(54)58-44-24-10-6-20-40(44)36-50(63(58)69)66(59)49-35-39-19-5-9-23-43(39)57-55-41-21-7-3-17-37(41)31-33-53(55)68(60)62(49)57/h3-36H,1-2H3. The molecule has 0 saturated heterocycles. The molecule has 12 aromatic carbocycles. The molecule has 0 fully saturated rings. The molecule has 5 heterocycles. The maximum atomic E-state index is 2.73. The first-order valence-corrected chi connectivity index (χ1v) is 24.4. The lowest BCUT2D eigenvalue weighted by atomic mass is 9.33. The van der Waals surface area contributed by atoms with Crippen LogP contribution < -0.4 is 21.3 Å². The molecule has 0 unspecified atom stereocenters. The summed E-state index contributed by atoms with van der Waals surface area (Å²) in [6, 6.07) is 78.7. The van der Waals surface area contributed by atoms with Crippen LogP contribution in [0.1, 0.15) is 25.0 Å². The number of fused-ring (bicyclic) bond motifs is 22. The van der Waals surface area contributed by atoms with Crippen molar-refractivity contribution in [3.05, 3.63) is 217 Å². The summed E-state index contributed by atoms with van der Waals surface area (Å²) in [7, 11) is 0. The van der Waals surface area contributed by atoms with Crippen LogP contribution in [0.15, 0.2) is 206 Å². The molecule has 69 heavy (non-hydrogen) atoms. The van der Waals surface area contributed by atoms with E-state index in [4.69, 9.17) is 0 Å². The van der Waals surface area contributed by atoms with Gasteiger partial charge >= 0.3 is 0 Å². The van der Waals surface area contributed by atoms with Crippen molar-refractivity contribution in [2.75, 3.05) is 4.90 Å². The highest BCUT2D eigenvalue weighted by atomic mass is 15.2. The van der Waals surface area contributed by atoms with Crippen molar-refractivity contribution < 1.29 is 0 Å². The topological polar surface area (TPSA) is 13.1 Å². The molecule has 3 aliphatic heterocycles. The highest BCUT2D eigenvalue weighted by molar-refractivity contribution is 7.01. The number of rotatable bonds is 1. The van der Waals surface area contributed by atoms with Gasteiger partial charge in [-0.05, 0) is 94.9 Å². The lowest BCUT2D eigenvalue weighted by Crippen LogP contribution is -2.59. The molecule has 0 radical (unpaired) electrons. The van der Waals surface area contributed by atoms with Crippen molar-refractivity contribution in [3.63, 3.8) is 0 Å². The first-order chi connectivity index (χ1) is 34.1. The molecule has 17 rings (SSSR count). The Labute approximate surface area is 397 Å². The normalized spacial score (nSPS) is 14.3. The lowest BCUT2D eigenvalue weighted by molar-refractivity contribution is 0.632. The number of benzene rings is 12. The minimum Gasteiger partial charge on any atom is -0.310 e. The van der Waals surface area contributed by atoms with Gasteiger partial charge in [-0.3, -0.25) is 0 Å². The molecule has 0 saturated carbocycles. The van der Waals surface area contributed by atoms with Crippen molar-refractivity contribution in [3.8, 4) is 11.4 Å².